The molecule has 1 aliphatic heterocycles. The number of hydrogen-bond donors (Lipinski definition) is 1. The van der Waals surface area contributed by atoms with Gasteiger partial charge in [-0.2, -0.15) is 0 Å². The Morgan fingerprint density at radius 3 is 2.19 bits per heavy atom. The van der Waals surface area contributed by atoms with E-state index in [2.05, 4.69) is 31.1 Å². The van der Waals surface area contributed by atoms with Crippen LogP contribution in [0.3, 0.4) is 0 Å². The fourth-order valence-corrected chi connectivity index (χ4v) is 6.25. The predicted octanol–water partition coefficient (Wildman–Crippen LogP) is 7.08. The molecule has 2 heterocycles. The van der Waals surface area contributed by atoms with Gasteiger partial charge in [0, 0.05) is 35.2 Å². The van der Waals surface area contributed by atoms with Gasteiger partial charge in [-0.3, -0.25) is 24.4 Å². The lowest BCUT2D eigenvalue weighted by molar-refractivity contribution is -0.129. The molecule has 4 rings (SSSR count). The Balaban J connectivity index is 1.82. The van der Waals surface area contributed by atoms with Crippen molar-refractivity contribution in [3.63, 3.8) is 0 Å². The minimum absolute atomic E-state index is 0.0596. The number of nitrogens with zero attached hydrogens (tertiary/aromatic N) is 3. The van der Waals surface area contributed by atoms with Crippen LogP contribution in [-0.4, -0.2) is 51.0 Å². The maximum absolute atomic E-state index is 14.9. The first-order valence-electron chi connectivity index (χ1n) is 15.7. The smallest absolute Gasteiger partial charge is 0.411 e. The molecule has 2 aliphatic rings. The zero-order chi connectivity index (χ0) is 31.6. The summed E-state index contributed by atoms with van der Waals surface area (Å²) in [4.78, 5) is 50.2. The molecular formula is C35H50N4O4. The van der Waals surface area contributed by atoms with Crippen molar-refractivity contribution < 1.29 is 19.1 Å². The second-order valence-electron chi connectivity index (χ2n) is 14.8. The van der Waals surface area contributed by atoms with Crippen LogP contribution in [0, 0.1) is 0 Å². The Labute approximate surface area is 257 Å². The number of rotatable bonds is 6. The highest BCUT2D eigenvalue weighted by Crippen LogP contribution is 2.39. The fourth-order valence-electron chi connectivity index (χ4n) is 6.25. The van der Waals surface area contributed by atoms with E-state index in [4.69, 9.17) is 4.74 Å². The molecule has 3 amide bonds. The van der Waals surface area contributed by atoms with Crippen LogP contribution >= 0.6 is 0 Å². The number of pyridine rings is 1. The van der Waals surface area contributed by atoms with Crippen LogP contribution in [0.2, 0.25) is 0 Å². The first-order valence-corrected chi connectivity index (χ1v) is 15.7. The number of nitrogens with one attached hydrogen (secondary N) is 1. The maximum Gasteiger partial charge on any atom is 0.411 e. The average molecular weight is 591 g/mol. The van der Waals surface area contributed by atoms with Crippen LogP contribution in [-0.2, 0) is 19.7 Å². The number of carbonyl (C=O) groups excluding carboxylic acids is 3. The lowest BCUT2D eigenvalue weighted by atomic mass is 9.87. The highest BCUT2D eigenvalue weighted by Gasteiger charge is 2.50. The number of amides is 3. The standard InChI is InChI=1S/C35H50N4O4/c1-33(2,3)25-16-18-27(19-17-25)38(31(41)28-20-21-35(7,8)39(28)32(42)43-34(4,5)6)29(24-13-12-22-36-23-24)30(40)37-26-14-10-9-11-15-26/h12-13,16-19,22-23,26,28-29H,9-11,14-15,20-21H2,1-8H3,(H,37,40)/t28-,29?/m1/s1. The van der Waals surface area contributed by atoms with E-state index in [0.29, 0.717) is 24.1 Å². The summed E-state index contributed by atoms with van der Waals surface area (Å²) in [5.41, 5.74) is 0.926. The van der Waals surface area contributed by atoms with Gasteiger partial charge in [0.05, 0.1) is 0 Å². The van der Waals surface area contributed by atoms with Crippen molar-refractivity contribution in [3.05, 3.63) is 59.9 Å². The zero-order valence-electron chi connectivity index (χ0n) is 27.3. The maximum atomic E-state index is 14.9. The number of carbonyl (C=O) groups is 3. The summed E-state index contributed by atoms with van der Waals surface area (Å²) < 4.78 is 5.80. The molecule has 0 bridgehead atoms. The van der Waals surface area contributed by atoms with Gasteiger partial charge in [0.25, 0.3) is 5.91 Å². The normalized spacial score (nSPS) is 19.9. The predicted molar refractivity (Wildman–Crippen MR) is 170 cm³/mol. The average Bonchev–Trinajstić information content (AvgIpc) is 3.26. The van der Waals surface area contributed by atoms with Crippen molar-refractivity contribution in [3.8, 4) is 0 Å². The number of ether oxygens (including phenoxy) is 1. The molecule has 1 aliphatic carbocycles. The summed E-state index contributed by atoms with van der Waals surface area (Å²) in [6.45, 7) is 15.8. The summed E-state index contributed by atoms with van der Waals surface area (Å²) in [5, 5.41) is 3.26. The molecule has 2 aromatic rings. The molecule has 8 nitrogen and oxygen atoms in total. The highest BCUT2D eigenvalue weighted by atomic mass is 16.6. The van der Waals surface area contributed by atoms with E-state index >= 15 is 0 Å². The third-order valence-corrected chi connectivity index (χ3v) is 8.58. The third-order valence-electron chi connectivity index (χ3n) is 8.58. The van der Waals surface area contributed by atoms with Crippen LogP contribution < -0.4 is 10.2 Å². The minimum atomic E-state index is -0.965. The van der Waals surface area contributed by atoms with Crippen LogP contribution in [0.15, 0.2) is 48.8 Å². The van der Waals surface area contributed by atoms with E-state index in [1.54, 1.807) is 28.3 Å². The Morgan fingerprint density at radius 2 is 1.63 bits per heavy atom. The molecule has 0 radical (unpaired) electrons. The van der Waals surface area contributed by atoms with Crippen molar-refractivity contribution in [1.82, 2.24) is 15.2 Å². The number of hydrogen-bond acceptors (Lipinski definition) is 5. The molecule has 1 aromatic heterocycles. The topological polar surface area (TPSA) is 91.8 Å². The summed E-state index contributed by atoms with van der Waals surface area (Å²) in [5.74, 6) is -0.554. The first-order chi connectivity index (χ1) is 20.1. The monoisotopic (exact) mass is 590 g/mol. The largest absolute Gasteiger partial charge is 0.444 e. The van der Waals surface area contributed by atoms with Gasteiger partial charge in [-0.05, 0) is 89.5 Å². The highest BCUT2D eigenvalue weighted by molar-refractivity contribution is 6.05. The van der Waals surface area contributed by atoms with Crippen LogP contribution in [0.5, 0.6) is 0 Å². The van der Waals surface area contributed by atoms with Crippen molar-refractivity contribution in [2.45, 2.75) is 135 Å². The van der Waals surface area contributed by atoms with Gasteiger partial charge in [0.2, 0.25) is 5.91 Å². The van der Waals surface area contributed by atoms with E-state index in [0.717, 1.165) is 31.2 Å². The van der Waals surface area contributed by atoms with Gasteiger partial charge < -0.3 is 10.1 Å². The lowest BCUT2D eigenvalue weighted by Gasteiger charge is -2.40. The Morgan fingerprint density at radius 1 is 0.977 bits per heavy atom. The Kier molecular flexibility index (Phi) is 9.57. The molecule has 1 unspecified atom stereocenters. The molecule has 1 saturated heterocycles. The Hall–Kier alpha value is -3.42. The molecule has 234 valence electrons. The van der Waals surface area contributed by atoms with Gasteiger partial charge in [-0.15, -0.1) is 0 Å². The minimum Gasteiger partial charge on any atom is -0.444 e. The van der Waals surface area contributed by atoms with Crippen molar-refractivity contribution in [2.75, 3.05) is 4.90 Å². The van der Waals surface area contributed by atoms with Crippen LogP contribution in [0.4, 0.5) is 10.5 Å². The van der Waals surface area contributed by atoms with E-state index in [1.165, 1.54) is 6.42 Å². The second-order valence-corrected chi connectivity index (χ2v) is 14.8. The number of aromatic nitrogens is 1. The summed E-state index contributed by atoms with van der Waals surface area (Å²) in [6.07, 6.45) is 9.03. The SMILES string of the molecule is CC(C)(C)OC(=O)N1[C@@H](C(=O)N(c2ccc(C(C)(C)C)cc2)C(C(=O)NC2CCCCC2)c2cccnc2)CCC1(C)C. The lowest BCUT2D eigenvalue weighted by Crippen LogP contribution is -2.56. The van der Waals surface area contributed by atoms with Crippen LogP contribution in [0.1, 0.15) is 118 Å². The van der Waals surface area contributed by atoms with Crippen molar-refractivity contribution in [1.29, 1.82) is 0 Å². The van der Waals surface area contributed by atoms with E-state index < -0.39 is 29.3 Å². The summed E-state index contributed by atoms with van der Waals surface area (Å²) in [6, 6.07) is 9.77. The zero-order valence-corrected chi connectivity index (χ0v) is 27.3. The van der Waals surface area contributed by atoms with Crippen LogP contribution in [0.25, 0.3) is 0 Å². The molecule has 0 spiro atoms. The quantitative estimate of drug-likeness (QED) is 0.388. The van der Waals surface area contributed by atoms with Crippen molar-refractivity contribution >= 4 is 23.6 Å². The number of anilines is 1. The number of benzene rings is 1. The van der Waals surface area contributed by atoms with Gasteiger partial charge in [-0.25, -0.2) is 4.79 Å². The van der Waals surface area contributed by atoms with Gasteiger partial charge in [-0.1, -0.05) is 58.2 Å². The molecule has 8 heteroatoms. The molecule has 1 N–H and O–H groups in total. The molecule has 1 aromatic carbocycles. The van der Waals surface area contributed by atoms with Gasteiger partial charge >= 0.3 is 6.09 Å². The number of likely N-dealkylation sites (tertiary alicyclic amines) is 1. The van der Waals surface area contributed by atoms with Crippen molar-refractivity contribution in [2.24, 2.45) is 0 Å². The Bertz CT molecular complexity index is 1270. The summed E-state index contributed by atoms with van der Waals surface area (Å²) in [7, 11) is 0. The summed E-state index contributed by atoms with van der Waals surface area (Å²) >= 11 is 0. The molecule has 2 fully saturated rings. The van der Waals surface area contributed by atoms with Gasteiger partial charge in [0.15, 0.2) is 0 Å². The fraction of sp³-hybridized carbons (Fsp3) is 0.600. The molecule has 1 saturated carbocycles. The van der Waals surface area contributed by atoms with E-state index in [1.807, 2.05) is 65.0 Å². The van der Waals surface area contributed by atoms with Gasteiger partial charge in [0.1, 0.15) is 17.7 Å². The second kappa shape index (κ2) is 12.7. The van der Waals surface area contributed by atoms with E-state index in [9.17, 15) is 14.4 Å². The third kappa shape index (κ3) is 7.76. The first kappa shape index (κ1) is 32.5. The molecule has 2 atom stereocenters. The molecule has 43 heavy (non-hydrogen) atoms. The van der Waals surface area contributed by atoms with E-state index in [-0.39, 0.29) is 23.3 Å². The molecular weight excluding hydrogens is 540 g/mol.